The Kier molecular flexibility index (Phi) is 10.6. The summed E-state index contributed by atoms with van der Waals surface area (Å²) in [5.74, 6) is 1.60. The van der Waals surface area contributed by atoms with Crippen LogP contribution in [0.15, 0.2) is 54.6 Å². The summed E-state index contributed by atoms with van der Waals surface area (Å²) in [6.45, 7) is 8.52. The van der Waals surface area contributed by atoms with Crippen molar-refractivity contribution in [3.05, 3.63) is 71.3 Å². The summed E-state index contributed by atoms with van der Waals surface area (Å²) < 4.78 is 0. The molecule has 0 bridgehead atoms. The zero-order chi connectivity index (χ0) is 22.6. The van der Waals surface area contributed by atoms with Crippen LogP contribution in [0.3, 0.4) is 0 Å². The largest absolute Gasteiger partial charge is 0.352 e. The average Bonchev–Trinajstić information content (AvgIpc) is 2.78. The molecule has 0 radical (unpaired) electrons. The van der Waals surface area contributed by atoms with Crippen molar-refractivity contribution < 1.29 is 9.59 Å². The molecule has 4 nitrogen and oxygen atoms in total. The van der Waals surface area contributed by atoms with Gasteiger partial charge in [-0.25, -0.2) is 0 Å². The third kappa shape index (κ3) is 8.41. The van der Waals surface area contributed by atoms with Gasteiger partial charge in [0.25, 0.3) is 0 Å². The molecule has 2 aromatic rings. The van der Waals surface area contributed by atoms with Crippen molar-refractivity contribution in [2.45, 2.75) is 71.3 Å². The number of nitrogens with one attached hydrogen (secondary N) is 1. The molecule has 5 heteroatoms. The number of carbonyl (C=O) groups is 2. The van der Waals surface area contributed by atoms with Crippen LogP contribution in [0.25, 0.3) is 0 Å². The molecule has 0 unspecified atom stereocenters. The Hall–Kier alpha value is -2.27. The zero-order valence-electron chi connectivity index (χ0n) is 19.3. The second-order valence-electron chi connectivity index (χ2n) is 8.04. The Morgan fingerprint density at radius 2 is 1.65 bits per heavy atom. The van der Waals surface area contributed by atoms with E-state index in [0.29, 0.717) is 19.4 Å². The summed E-state index contributed by atoms with van der Waals surface area (Å²) in [6.07, 6.45) is 1.89. The van der Waals surface area contributed by atoms with Crippen LogP contribution in [-0.2, 0) is 21.9 Å². The lowest BCUT2D eigenvalue weighted by Gasteiger charge is -2.31. The van der Waals surface area contributed by atoms with Crippen LogP contribution >= 0.6 is 11.8 Å². The lowest BCUT2D eigenvalue weighted by molar-refractivity contribution is -0.141. The second kappa shape index (κ2) is 13.2. The SMILES string of the molecule is CC[C@@H](C)NC(=O)[C@@H](CC)N(Cc1ccc(C)cc1)C(=O)CCSCc1ccccc1. The molecule has 0 saturated heterocycles. The number of hydrogen-bond donors (Lipinski definition) is 1. The molecule has 0 spiro atoms. The maximum absolute atomic E-state index is 13.2. The second-order valence-corrected chi connectivity index (χ2v) is 9.14. The van der Waals surface area contributed by atoms with Crippen LogP contribution in [0.2, 0.25) is 0 Å². The molecule has 2 aromatic carbocycles. The van der Waals surface area contributed by atoms with Gasteiger partial charge < -0.3 is 10.2 Å². The van der Waals surface area contributed by atoms with Gasteiger partial charge in [0.2, 0.25) is 11.8 Å². The van der Waals surface area contributed by atoms with Gasteiger partial charge in [0.05, 0.1) is 0 Å². The van der Waals surface area contributed by atoms with Gasteiger partial charge in [-0.1, -0.05) is 74.0 Å². The lowest BCUT2D eigenvalue weighted by Crippen LogP contribution is -2.50. The highest BCUT2D eigenvalue weighted by Crippen LogP contribution is 2.18. The van der Waals surface area contributed by atoms with E-state index >= 15 is 0 Å². The third-order valence-electron chi connectivity index (χ3n) is 5.43. The summed E-state index contributed by atoms with van der Waals surface area (Å²) in [5, 5.41) is 3.06. The van der Waals surface area contributed by atoms with Gasteiger partial charge in [0.1, 0.15) is 6.04 Å². The predicted octanol–water partition coefficient (Wildman–Crippen LogP) is 5.34. The molecule has 168 valence electrons. The molecule has 0 aliphatic rings. The topological polar surface area (TPSA) is 49.4 Å². The Labute approximate surface area is 191 Å². The van der Waals surface area contributed by atoms with E-state index in [1.807, 2.05) is 70.2 Å². The van der Waals surface area contributed by atoms with Crippen molar-refractivity contribution in [1.82, 2.24) is 10.2 Å². The van der Waals surface area contributed by atoms with Crippen molar-refractivity contribution >= 4 is 23.6 Å². The first-order chi connectivity index (χ1) is 14.9. The third-order valence-corrected chi connectivity index (χ3v) is 6.46. The van der Waals surface area contributed by atoms with Gasteiger partial charge in [0, 0.05) is 30.5 Å². The maximum atomic E-state index is 13.2. The fourth-order valence-corrected chi connectivity index (χ4v) is 4.21. The summed E-state index contributed by atoms with van der Waals surface area (Å²) in [7, 11) is 0. The van der Waals surface area contributed by atoms with Gasteiger partial charge in [0.15, 0.2) is 0 Å². The first kappa shape index (κ1) is 25.0. The van der Waals surface area contributed by atoms with Crippen LogP contribution in [0.4, 0.5) is 0 Å². The molecule has 31 heavy (non-hydrogen) atoms. The van der Waals surface area contributed by atoms with Crippen molar-refractivity contribution in [1.29, 1.82) is 0 Å². The number of rotatable bonds is 12. The fourth-order valence-electron chi connectivity index (χ4n) is 3.32. The van der Waals surface area contributed by atoms with Gasteiger partial charge >= 0.3 is 0 Å². The monoisotopic (exact) mass is 440 g/mol. The highest BCUT2D eigenvalue weighted by atomic mass is 32.2. The van der Waals surface area contributed by atoms with E-state index in [2.05, 4.69) is 17.4 Å². The molecular formula is C26H36N2O2S. The van der Waals surface area contributed by atoms with Crippen molar-refractivity contribution in [2.75, 3.05) is 5.75 Å². The van der Waals surface area contributed by atoms with E-state index in [0.717, 1.165) is 23.5 Å². The maximum Gasteiger partial charge on any atom is 0.243 e. The van der Waals surface area contributed by atoms with E-state index < -0.39 is 6.04 Å². The Morgan fingerprint density at radius 3 is 2.26 bits per heavy atom. The lowest BCUT2D eigenvalue weighted by atomic mass is 10.1. The van der Waals surface area contributed by atoms with Crippen molar-refractivity contribution in [3.63, 3.8) is 0 Å². The van der Waals surface area contributed by atoms with E-state index in [-0.39, 0.29) is 17.9 Å². The number of hydrogen-bond acceptors (Lipinski definition) is 3. The van der Waals surface area contributed by atoms with Gasteiger partial charge in [-0.05, 0) is 37.8 Å². The van der Waals surface area contributed by atoms with Crippen LogP contribution in [0, 0.1) is 6.92 Å². The molecule has 0 saturated carbocycles. The first-order valence-electron chi connectivity index (χ1n) is 11.2. The van der Waals surface area contributed by atoms with E-state index in [1.54, 1.807) is 16.7 Å². The Bertz CT molecular complexity index is 808. The minimum atomic E-state index is -0.457. The first-order valence-corrected chi connectivity index (χ1v) is 12.4. The number of benzene rings is 2. The van der Waals surface area contributed by atoms with Gasteiger partial charge in [-0.3, -0.25) is 9.59 Å². The highest BCUT2D eigenvalue weighted by Gasteiger charge is 2.28. The standard InChI is InChI=1S/C26H36N2O2S/c1-5-21(4)27-26(30)24(6-2)28(18-22-14-12-20(3)13-15-22)25(29)16-17-31-19-23-10-8-7-9-11-23/h7-15,21,24H,5-6,16-19H2,1-4H3,(H,27,30)/t21-,24-/m1/s1. The minimum absolute atomic E-state index is 0.0345. The number of carbonyl (C=O) groups excluding carboxylic acids is 2. The van der Waals surface area contributed by atoms with E-state index in [4.69, 9.17) is 0 Å². The quantitative estimate of drug-likeness (QED) is 0.453. The minimum Gasteiger partial charge on any atom is -0.352 e. The Morgan fingerprint density at radius 1 is 0.968 bits per heavy atom. The van der Waals surface area contributed by atoms with Crippen LogP contribution < -0.4 is 5.32 Å². The molecule has 0 fully saturated rings. The molecule has 2 atom stereocenters. The van der Waals surface area contributed by atoms with Crippen molar-refractivity contribution in [3.8, 4) is 0 Å². The number of amides is 2. The normalized spacial score (nSPS) is 12.8. The average molecular weight is 441 g/mol. The van der Waals surface area contributed by atoms with E-state index in [1.165, 1.54) is 11.1 Å². The molecule has 0 heterocycles. The highest BCUT2D eigenvalue weighted by molar-refractivity contribution is 7.98. The molecule has 2 amide bonds. The van der Waals surface area contributed by atoms with E-state index in [9.17, 15) is 9.59 Å². The zero-order valence-corrected chi connectivity index (χ0v) is 20.1. The summed E-state index contributed by atoms with van der Waals surface area (Å²) in [6, 6.07) is 18.1. The van der Waals surface area contributed by atoms with Crippen LogP contribution in [-0.4, -0.2) is 34.6 Å². The number of thioether (sulfide) groups is 1. The molecule has 0 aliphatic carbocycles. The smallest absolute Gasteiger partial charge is 0.243 e. The van der Waals surface area contributed by atoms with Gasteiger partial charge in [-0.2, -0.15) is 11.8 Å². The Balaban J connectivity index is 2.06. The number of aryl methyl sites for hydroxylation is 1. The summed E-state index contributed by atoms with van der Waals surface area (Å²) in [4.78, 5) is 27.9. The van der Waals surface area contributed by atoms with Gasteiger partial charge in [-0.15, -0.1) is 0 Å². The molecular weight excluding hydrogens is 404 g/mol. The van der Waals surface area contributed by atoms with Crippen molar-refractivity contribution in [2.24, 2.45) is 0 Å². The van der Waals surface area contributed by atoms with Crippen LogP contribution in [0.5, 0.6) is 0 Å². The molecule has 0 aromatic heterocycles. The van der Waals surface area contributed by atoms with Crippen LogP contribution in [0.1, 0.15) is 56.7 Å². The molecule has 1 N–H and O–H groups in total. The predicted molar refractivity (Wildman–Crippen MR) is 131 cm³/mol. The summed E-state index contributed by atoms with van der Waals surface area (Å²) >= 11 is 1.75. The molecule has 2 rings (SSSR count). The number of nitrogens with zero attached hydrogens (tertiary/aromatic N) is 1. The molecule has 0 aliphatic heterocycles. The summed E-state index contributed by atoms with van der Waals surface area (Å²) in [5.41, 5.74) is 3.49. The fraction of sp³-hybridized carbons (Fsp3) is 0.462.